The van der Waals surface area contributed by atoms with Gasteiger partial charge >= 0.3 is 11.9 Å². The Hall–Kier alpha value is -1.26. The molecule has 6 unspecified atom stereocenters. The van der Waals surface area contributed by atoms with Crippen LogP contribution in [0.4, 0.5) is 0 Å². The molecule has 0 N–H and O–H groups in total. The van der Waals surface area contributed by atoms with Crippen LogP contribution >= 0.6 is 0 Å². The first-order valence-corrected chi connectivity index (χ1v) is 8.15. The Labute approximate surface area is 139 Å². The molecule has 24 heavy (non-hydrogen) atoms. The molecular formula is C15H22O9. The van der Waals surface area contributed by atoms with Crippen molar-refractivity contribution in [3.05, 3.63) is 0 Å². The second-order valence-electron chi connectivity index (χ2n) is 5.59. The van der Waals surface area contributed by atoms with Crippen molar-refractivity contribution < 1.29 is 42.7 Å². The molecule has 0 aromatic rings. The highest BCUT2D eigenvalue weighted by Gasteiger charge is 2.55. The number of rotatable bonds is 6. The molecule has 3 aliphatic heterocycles. The zero-order chi connectivity index (χ0) is 17.1. The Morgan fingerprint density at radius 2 is 1.50 bits per heavy atom. The second kappa shape index (κ2) is 7.75. The van der Waals surface area contributed by atoms with Crippen LogP contribution in [0.2, 0.25) is 0 Å². The van der Waals surface area contributed by atoms with Crippen LogP contribution < -0.4 is 0 Å². The monoisotopic (exact) mass is 346 g/mol. The van der Waals surface area contributed by atoms with Gasteiger partial charge in [-0.05, 0) is 13.8 Å². The molecule has 136 valence electrons. The Balaban J connectivity index is 1.52. The molecule has 6 atom stereocenters. The molecule has 9 nitrogen and oxygen atoms in total. The average molecular weight is 346 g/mol. The fourth-order valence-electron chi connectivity index (χ4n) is 2.93. The zero-order valence-corrected chi connectivity index (χ0v) is 13.7. The molecule has 0 bridgehead atoms. The van der Waals surface area contributed by atoms with E-state index in [1.54, 1.807) is 13.8 Å². The first kappa shape index (κ1) is 17.6. The highest BCUT2D eigenvalue weighted by atomic mass is 16.8. The molecule has 3 aliphatic rings. The van der Waals surface area contributed by atoms with Crippen molar-refractivity contribution in [3.63, 3.8) is 0 Å². The van der Waals surface area contributed by atoms with Gasteiger partial charge in [0.05, 0.1) is 32.7 Å². The van der Waals surface area contributed by atoms with Crippen molar-refractivity contribution in [1.82, 2.24) is 0 Å². The van der Waals surface area contributed by atoms with Gasteiger partial charge in [-0.3, -0.25) is 9.59 Å². The maximum Gasteiger partial charge on any atom is 0.310 e. The minimum atomic E-state index is -0.727. The maximum absolute atomic E-state index is 11.5. The summed E-state index contributed by atoms with van der Waals surface area (Å²) in [4.78, 5) is 23.1. The van der Waals surface area contributed by atoms with Crippen LogP contribution in [0, 0.1) is 0 Å². The van der Waals surface area contributed by atoms with E-state index in [2.05, 4.69) is 0 Å². The summed E-state index contributed by atoms with van der Waals surface area (Å²) >= 11 is 0. The number of esters is 2. The van der Waals surface area contributed by atoms with E-state index in [9.17, 15) is 9.59 Å². The fourth-order valence-corrected chi connectivity index (χ4v) is 2.93. The number of fused-ring (bicyclic) bond motifs is 3. The zero-order valence-electron chi connectivity index (χ0n) is 13.7. The van der Waals surface area contributed by atoms with Gasteiger partial charge in [-0.25, -0.2) is 0 Å². The lowest BCUT2D eigenvalue weighted by Gasteiger charge is -2.32. The van der Waals surface area contributed by atoms with Crippen molar-refractivity contribution >= 4 is 11.9 Å². The predicted molar refractivity (Wildman–Crippen MR) is 75.5 cm³/mol. The minimum Gasteiger partial charge on any atom is -0.466 e. The molecule has 9 heteroatoms. The van der Waals surface area contributed by atoms with Crippen LogP contribution in [0.3, 0.4) is 0 Å². The molecule has 0 aliphatic carbocycles. The van der Waals surface area contributed by atoms with Crippen molar-refractivity contribution in [2.45, 2.75) is 63.9 Å². The molecule has 0 spiro atoms. The molecule has 3 fully saturated rings. The summed E-state index contributed by atoms with van der Waals surface area (Å²) in [6.45, 7) is 4.35. The number of ether oxygens (including phenoxy) is 7. The van der Waals surface area contributed by atoms with Gasteiger partial charge in [0.15, 0.2) is 18.9 Å². The average Bonchev–Trinajstić information content (AvgIpc) is 3.05. The summed E-state index contributed by atoms with van der Waals surface area (Å²) in [5, 5.41) is 0. The number of carbonyl (C=O) groups excluding carboxylic acids is 2. The van der Waals surface area contributed by atoms with E-state index in [1.807, 2.05) is 0 Å². The molecule has 0 aromatic heterocycles. The van der Waals surface area contributed by atoms with Gasteiger partial charge in [0.2, 0.25) is 0 Å². The number of hydrogen-bond acceptors (Lipinski definition) is 9. The van der Waals surface area contributed by atoms with Crippen LogP contribution in [-0.4, -0.2) is 68.9 Å². The van der Waals surface area contributed by atoms with Crippen LogP contribution in [0.5, 0.6) is 0 Å². The summed E-state index contributed by atoms with van der Waals surface area (Å²) in [7, 11) is 0. The fraction of sp³-hybridized carbons (Fsp3) is 0.867. The van der Waals surface area contributed by atoms with E-state index in [0.717, 1.165) is 0 Å². The lowest BCUT2D eigenvalue weighted by molar-refractivity contribution is -0.270. The first-order valence-electron chi connectivity index (χ1n) is 8.15. The topological polar surface area (TPSA) is 98.8 Å². The highest BCUT2D eigenvalue weighted by molar-refractivity contribution is 5.70. The molecular weight excluding hydrogens is 324 g/mol. The molecule has 0 radical (unpaired) electrons. The van der Waals surface area contributed by atoms with Crippen LogP contribution in [0.15, 0.2) is 0 Å². The summed E-state index contributed by atoms with van der Waals surface area (Å²) in [5.74, 6) is -0.785. The van der Waals surface area contributed by atoms with Crippen LogP contribution in [0.25, 0.3) is 0 Å². The van der Waals surface area contributed by atoms with Gasteiger partial charge < -0.3 is 33.2 Å². The smallest absolute Gasteiger partial charge is 0.310 e. The summed E-state index contributed by atoms with van der Waals surface area (Å²) in [6, 6.07) is 0. The molecule has 3 heterocycles. The van der Waals surface area contributed by atoms with E-state index in [0.29, 0.717) is 13.2 Å². The summed E-state index contributed by atoms with van der Waals surface area (Å²) < 4.78 is 38.0. The SMILES string of the molecule is CCOC(=O)CC1OCC2OC3OC(CC(=O)OCC)OC3C2O1. The van der Waals surface area contributed by atoms with Crippen molar-refractivity contribution in [2.24, 2.45) is 0 Å². The number of carbonyl (C=O) groups is 2. The third-order valence-electron chi connectivity index (χ3n) is 3.89. The third-order valence-corrected chi connectivity index (χ3v) is 3.89. The summed E-state index contributed by atoms with van der Waals surface area (Å²) in [5.41, 5.74) is 0. The van der Waals surface area contributed by atoms with E-state index in [1.165, 1.54) is 0 Å². The van der Waals surface area contributed by atoms with Gasteiger partial charge in [0.1, 0.15) is 18.3 Å². The maximum atomic E-state index is 11.5. The van der Waals surface area contributed by atoms with Gasteiger partial charge in [-0.2, -0.15) is 0 Å². The minimum absolute atomic E-state index is 0.00155. The van der Waals surface area contributed by atoms with Crippen LogP contribution in [-0.2, 0) is 42.7 Å². The Bertz CT molecular complexity index is 468. The lowest BCUT2D eigenvalue weighted by atomic mass is 10.1. The van der Waals surface area contributed by atoms with Crippen LogP contribution in [0.1, 0.15) is 26.7 Å². The van der Waals surface area contributed by atoms with Crippen molar-refractivity contribution in [1.29, 1.82) is 0 Å². The Morgan fingerprint density at radius 1 is 0.875 bits per heavy atom. The third kappa shape index (κ3) is 3.86. The van der Waals surface area contributed by atoms with Crippen molar-refractivity contribution in [3.8, 4) is 0 Å². The molecule has 0 amide bonds. The molecule has 3 rings (SSSR count). The first-order chi connectivity index (χ1) is 11.6. The van der Waals surface area contributed by atoms with E-state index in [-0.39, 0.29) is 31.5 Å². The Morgan fingerprint density at radius 3 is 2.17 bits per heavy atom. The van der Waals surface area contributed by atoms with E-state index in [4.69, 9.17) is 33.2 Å². The Kier molecular flexibility index (Phi) is 5.67. The molecule has 3 saturated heterocycles. The van der Waals surface area contributed by atoms with Crippen molar-refractivity contribution in [2.75, 3.05) is 19.8 Å². The quantitative estimate of drug-likeness (QED) is 0.620. The second-order valence-corrected chi connectivity index (χ2v) is 5.59. The molecule has 0 aromatic carbocycles. The standard InChI is InChI=1S/C15H22O9/c1-3-18-9(16)5-11-20-7-8-13(22-11)14-15(21-8)24-12(23-14)6-10(17)19-4-2/h8,11-15H,3-7H2,1-2H3. The summed E-state index contributed by atoms with van der Waals surface area (Å²) in [6.07, 6.45) is -3.29. The predicted octanol–water partition coefficient (Wildman–Crippen LogP) is 0.101. The van der Waals surface area contributed by atoms with Gasteiger partial charge in [0.25, 0.3) is 0 Å². The highest BCUT2D eigenvalue weighted by Crippen LogP contribution is 2.38. The number of hydrogen-bond donors (Lipinski definition) is 0. The largest absolute Gasteiger partial charge is 0.466 e. The van der Waals surface area contributed by atoms with E-state index >= 15 is 0 Å². The lowest BCUT2D eigenvalue weighted by Crippen LogP contribution is -2.46. The van der Waals surface area contributed by atoms with Gasteiger partial charge in [-0.15, -0.1) is 0 Å². The van der Waals surface area contributed by atoms with E-state index < -0.39 is 37.0 Å². The molecule has 0 saturated carbocycles. The van der Waals surface area contributed by atoms with Gasteiger partial charge in [0, 0.05) is 0 Å². The van der Waals surface area contributed by atoms with Gasteiger partial charge in [-0.1, -0.05) is 0 Å². The normalized spacial score (nSPS) is 37.6.